The molecule has 0 aliphatic carbocycles. The van der Waals surface area contributed by atoms with E-state index >= 15 is 0 Å². The lowest BCUT2D eigenvalue weighted by atomic mass is 10.1. The number of hydrogen-bond acceptors (Lipinski definition) is 4. The van der Waals surface area contributed by atoms with Crippen molar-refractivity contribution in [1.29, 1.82) is 0 Å². The molecule has 118 valence electrons. The van der Waals surface area contributed by atoms with Crippen LogP contribution in [0.4, 0.5) is 0 Å². The van der Waals surface area contributed by atoms with Gasteiger partial charge < -0.3 is 9.88 Å². The molecule has 0 bridgehead atoms. The normalized spacial score (nSPS) is 19.2. The average molecular weight is 318 g/mol. The zero-order valence-corrected chi connectivity index (χ0v) is 13.7. The summed E-state index contributed by atoms with van der Waals surface area (Å²) in [6.45, 7) is 5.31. The predicted molar refractivity (Wildman–Crippen MR) is 87.7 cm³/mol. The van der Waals surface area contributed by atoms with Gasteiger partial charge in [-0.1, -0.05) is 6.07 Å². The number of rotatable bonds is 5. The van der Waals surface area contributed by atoms with Gasteiger partial charge in [-0.15, -0.1) is 11.3 Å². The molecular formula is C16H22N4OS. The second-order valence-electron chi connectivity index (χ2n) is 5.82. The lowest BCUT2D eigenvalue weighted by Crippen LogP contribution is -2.48. The minimum Gasteiger partial charge on any atom is -0.351 e. The summed E-state index contributed by atoms with van der Waals surface area (Å²) >= 11 is 1.80. The quantitative estimate of drug-likeness (QED) is 0.918. The summed E-state index contributed by atoms with van der Waals surface area (Å²) in [6.07, 6.45) is 5.78. The summed E-state index contributed by atoms with van der Waals surface area (Å²) < 4.78 is 1.88. The summed E-state index contributed by atoms with van der Waals surface area (Å²) in [4.78, 5) is 20.1. The molecule has 0 aromatic carbocycles. The molecule has 2 aromatic rings. The molecule has 0 radical (unpaired) electrons. The van der Waals surface area contributed by atoms with Crippen LogP contribution in [0.1, 0.15) is 23.5 Å². The maximum Gasteiger partial charge on any atom is 0.240 e. The van der Waals surface area contributed by atoms with Gasteiger partial charge in [0, 0.05) is 36.4 Å². The molecule has 22 heavy (non-hydrogen) atoms. The van der Waals surface area contributed by atoms with E-state index < -0.39 is 0 Å². The monoisotopic (exact) mass is 318 g/mol. The number of thiophene rings is 1. The fourth-order valence-corrected chi connectivity index (χ4v) is 3.68. The summed E-state index contributed by atoms with van der Waals surface area (Å²) in [5.74, 6) is 0.946. The summed E-state index contributed by atoms with van der Waals surface area (Å²) in [5, 5.41) is 5.29. The highest BCUT2D eigenvalue weighted by atomic mass is 32.1. The summed E-state index contributed by atoms with van der Waals surface area (Å²) in [7, 11) is 0. The molecular weight excluding hydrogens is 296 g/mol. The van der Waals surface area contributed by atoms with Crippen molar-refractivity contribution in [1.82, 2.24) is 19.8 Å². The van der Waals surface area contributed by atoms with E-state index in [-0.39, 0.29) is 11.9 Å². The Hall–Kier alpha value is -1.66. The molecule has 1 fully saturated rings. The molecule has 1 saturated heterocycles. The Balaban J connectivity index is 1.49. The van der Waals surface area contributed by atoms with Gasteiger partial charge in [0.25, 0.3) is 0 Å². The smallest absolute Gasteiger partial charge is 0.240 e. The number of imidazole rings is 1. The number of aromatic nitrogens is 2. The Morgan fingerprint density at radius 2 is 2.45 bits per heavy atom. The number of carbonyl (C=O) groups is 1. The van der Waals surface area contributed by atoms with Gasteiger partial charge in [-0.25, -0.2) is 4.98 Å². The summed E-state index contributed by atoms with van der Waals surface area (Å²) in [6, 6.07) is 4.52. The number of carbonyl (C=O) groups excluding carboxylic acids is 1. The van der Waals surface area contributed by atoms with Crippen molar-refractivity contribution in [2.24, 2.45) is 0 Å². The zero-order valence-electron chi connectivity index (χ0n) is 12.9. The minimum absolute atomic E-state index is 0.0732. The van der Waals surface area contributed by atoms with Gasteiger partial charge >= 0.3 is 0 Å². The molecule has 3 heterocycles. The molecule has 5 nitrogen and oxygen atoms in total. The van der Waals surface area contributed by atoms with Gasteiger partial charge in [0.1, 0.15) is 12.4 Å². The Bertz CT molecular complexity index is 607. The van der Waals surface area contributed by atoms with E-state index in [1.165, 1.54) is 4.88 Å². The van der Waals surface area contributed by atoms with E-state index in [2.05, 4.69) is 32.7 Å². The van der Waals surface area contributed by atoms with E-state index in [1.807, 2.05) is 17.7 Å². The Morgan fingerprint density at radius 1 is 1.55 bits per heavy atom. The molecule has 1 aliphatic heterocycles. The van der Waals surface area contributed by atoms with Crippen molar-refractivity contribution < 1.29 is 4.79 Å². The number of hydrogen-bond donors (Lipinski definition) is 1. The molecule has 6 heteroatoms. The topological polar surface area (TPSA) is 50.2 Å². The lowest BCUT2D eigenvalue weighted by Gasteiger charge is -2.32. The third-order valence-electron chi connectivity index (χ3n) is 4.07. The van der Waals surface area contributed by atoms with Crippen LogP contribution < -0.4 is 5.32 Å². The molecule has 1 aliphatic rings. The highest BCUT2D eigenvalue weighted by Gasteiger charge is 2.21. The van der Waals surface area contributed by atoms with E-state index in [0.29, 0.717) is 6.54 Å². The van der Waals surface area contributed by atoms with Crippen LogP contribution in [0.15, 0.2) is 29.9 Å². The van der Waals surface area contributed by atoms with E-state index in [4.69, 9.17) is 0 Å². The molecule has 1 amide bonds. The van der Waals surface area contributed by atoms with Crippen LogP contribution in [-0.2, 0) is 17.9 Å². The number of nitrogens with one attached hydrogen (secondary N) is 1. The van der Waals surface area contributed by atoms with Gasteiger partial charge in [-0.05, 0) is 37.8 Å². The van der Waals surface area contributed by atoms with Gasteiger partial charge in [0.15, 0.2) is 0 Å². The SMILES string of the molecule is Cc1nccn1CC(=O)NC1CCCN(Cc2cccs2)C1. The first-order chi connectivity index (χ1) is 10.7. The molecule has 1 unspecified atom stereocenters. The molecule has 2 aromatic heterocycles. The number of likely N-dealkylation sites (tertiary alicyclic amines) is 1. The maximum atomic E-state index is 12.2. The standard InChI is InChI=1S/C16H22N4OS/c1-13-17-6-8-20(13)12-16(21)18-14-4-2-7-19(10-14)11-15-5-3-9-22-15/h3,5-6,8-9,14H,2,4,7,10-12H2,1H3,(H,18,21). The van der Waals surface area contributed by atoms with Crippen LogP contribution in [0, 0.1) is 6.92 Å². The van der Waals surface area contributed by atoms with Gasteiger partial charge in [0.05, 0.1) is 0 Å². The minimum atomic E-state index is 0.0732. The zero-order chi connectivity index (χ0) is 15.4. The third kappa shape index (κ3) is 3.96. The van der Waals surface area contributed by atoms with Gasteiger partial charge in [-0.2, -0.15) is 0 Å². The van der Waals surface area contributed by atoms with E-state index in [1.54, 1.807) is 17.5 Å². The molecule has 1 atom stereocenters. The van der Waals surface area contributed by atoms with Crippen molar-refractivity contribution in [2.45, 2.75) is 38.9 Å². The second-order valence-corrected chi connectivity index (χ2v) is 6.86. The van der Waals surface area contributed by atoms with Gasteiger partial charge in [-0.3, -0.25) is 9.69 Å². The third-order valence-corrected chi connectivity index (χ3v) is 4.93. The molecule has 1 N–H and O–H groups in total. The van der Waals surface area contributed by atoms with Crippen LogP contribution in [-0.4, -0.2) is 39.5 Å². The van der Waals surface area contributed by atoms with Crippen molar-refractivity contribution in [3.8, 4) is 0 Å². The molecule has 0 spiro atoms. The van der Waals surface area contributed by atoms with Crippen molar-refractivity contribution >= 4 is 17.2 Å². The van der Waals surface area contributed by atoms with Crippen LogP contribution in [0.3, 0.4) is 0 Å². The first kappa shape index (κ1) is 15.2. The number of aryl methyl sites for hydroxylation is 1. The molecule has 0 saturated carbocycles. The second kappa shape index (κ2) is 7.07. The van der Waals surface area contributed by atoms with Crippen LogP contribution >= 0.6 is 11.3 Å². The van der Waals surface area contributed by atoms with Crippen LogP contribution in [0.25, 0.3) is 0 Å². The van der Waals surface area contributed by atoms with Gasteiger partial charge in [0.2, 0.25) is 5.91 Å². The highest BCUT2D eigenvalue weighted by Crippen LogP contribution is 2.16. The number of nitrogens with zero attached hydrogens (tertiary/aromatic N) is 3. The predicted octanol–water partition coefficient (Wildman–Crippen LogP) is 2.03. The van der Waals surface area contributed by atoms with Crippen molar-refractivity contribution in [3.63, 3.8) is 0 Å². The fraction of sp³-hybridized carbons (Fsp3) is 0.500. The van der Waals surface area contributed by atoms with Crippen molar-refractivity contribution in [3.05, 3.63) is 40.6 Å². The maximum absolute atomic E-state index is 12.2. The number of piperidine rings is 1. The fourth-order valence-electron chi connectivity index (χ4n) is 2.94. The first-order valence-corrected chi connectivity index (χ1v) is 8.60. The van der Waals surface area contributed by atoms with E-state index in [0.717, 1.165) is 38.3 Å². The van der Waals surface area contributed by atoms with E-state index in [9.17, 15) is 4.79 Å². The Labute approximate surface area is 135 Å². The summed E-state index contributed by atoms with van der Waals surface area (Å²) in [5.41, 5.74) is 0. The highest BCUT2D eigenvalue weighted by molar-refractivity contribution is 7.09. The number of amides is 1. The lowest BCUT2D eigenvalue weighted by molar-refractivity contribution is -0.122. The molecule has 3 rings (SSSR count). The van der Waals surface area contributed by atoms with Crippen LogP contribution in [0.2, 0.25) is 0 Å². The van der Waals surface area contributed by atoms with Crippen LogP contribution in [0.5, 0.6) is 0 Å². The average Bonchev–Trinajstić information content (AvgIpc) is 3.12. The first-order valence-electron chi connectivity index (χ1n) is 7.72. The Morgan fingerprint density at radius 3 is 3.18 bits per heavy atom. The Kier molecular flexibility index (Phi) is 4.90. The van der Waals surface area contributed by atoms with Crippen molar-refractivity contribution in [2.75, 3.05) is 13.1 Å². The largest absolute Gasteiger partial charge is 0.351 e.